The molecule has 1 aliphatic rings. The highest BCUT2D eigenvalue weighted by Gasteiger charge is 2.21. The predicted molar refractivity (Wildman–Crippen MR) is 149 cm³/mol. The summed E-state index contributed by atoms with van der Waals surface area (Å²) in [5, 5.41) is 6.35. The van der Waals surface area contributed by atoms with Gasteiger partial charge in [-0.05, 0) is 43.3 Å². The number of aryl methyl sites for hydroxylation is 1. The number of nitrogens with one attached hydrogen (secondary N) is 2. The lowest BCUT2D eigenvalue weighted by Crippen LogP contribution is -2.46. The number of carbonyl (C=O) groups is 1. The van der Waals surface area contributed by atoms with Crippen molar-refractivity contribution in [3.8, 4) is 0 Å². The van der Waals surface area contributed by atoms with Crippen LogP contribution < -0.4 is 15.5 Å². The SMILES string of the molecule is CCN1CCN(c2nc(Nc3cccc(NC(=O)/C=C/c4ccccc4)c3)c3ncn(CC)c3n2)CC1. The van der Waals surface area contributed by atoms with E-state index in [1.54, 1.807) is 12.4 Å². The second-order valence-electron chi connectivity index (χ2n) is 8.94. The highest BCUT2D eigenvalue weighted by Crippen LogP contribution is 2.27. The van der Waals surface area contributed by atoms with Gasteiger partial charge in [-0.3, -0.25) is 4.79 Å². The van der Waals surface area contributed by atoms with Gasteiger partial charge in [0.25, 0.3) is 0 Å². The molecule has 1 aliphatic heterocycles. The Labute approximate surface area is 216 Å². The normalized spacial score (nSPS) is 14.4. The molecule has 1 fully saturated rings. The molecule has 0 bridgehead atoms. The zero-order valence-corrected chi connectivity index (χ0v) is 21.3. The van der Waals surface area contributed by atoms with E-state index in [2.05, 4.69) is 39.3 Å². The summed E-state index contributed by atoms with van der Waals surface area (Å²) in [6.45, 7) is 9.85. The first kappa shape index (κ1) is 24.5. The van der Waals surface area contributed by atoms with Crippen LogP contribution in [-0.4, -0.2) is 63.0 Å². The van der Waals surface area contributed by atoms with Gasteiger partial charge in [-0.25, -0.2) is 4.98 Å². The number of hydrogen-bond acceptors (Lipinski definition) is 7. The van der Waals surface area contributed by atoms with Crippen LogP contribution in [-0.2, 0) is 11.3 Å². The summed E-state index contributed by atoms with van der Waals surface area (Å²) in [4.78, 5) is 31.5. The number of amides is 1. The summed E-state index contributed by atoms with van der Waals surface area (Å²) in [5.41, 5.74) is 3.99. The van der Waals surface area contributed by atoms with Crippen LogP contribution in [0.15, 0.2) is 67.0 Å². The maximum Gasteiger partial charge on any atom is 0.248 e. The van der Waals surface area contributed by atoms with Crippen molar-refractivity contribution in [1.29, 1.82) is 0 Å². The van der Waals surface area contributed by atoms with Gasteiger partial charge in [-0.15, -0.1) is 0 Å². The average Bonchev–Trinajstić information content (AvgIpc) is 3.36. The fourth-order valence-electron chi connectivity index (χ4n) is 4.39. The van der Waals surface area contributed by atoms with E-state index >= 15 is 0 Å². The van der Waals surface area contributed by atoms with Gasteiger partial charge < -0.3 is 25.0 Å². The molecular weight excluding hydrogens is 464 g/mol. The van der Waals surface area contributed by atoms with E-state index in [0.717, 1.165) is 61.7 Å². The molecule has 5 rings (SSSR count). The quantitative estimate of drug-likeness (QED) is 0.350. The number of likely N-dealkylation sites (N-methyl/N-ethyl adjacent to an activating group) is 1. The Morgan fingerprint density at radius 3 is 2.49 bits per heavy atom. The number of aromatic nitrogens is 4. The third-order valence-corrected chi connectivity index (χ3v) is 6.51. The summed E-state index contributed by atoms with van der Waals surface area (Å²) in [6, 6.07) is 17.3. The van der Waals surface area contributed by atoms with Crippen LogP contribution in [0.25, 0.3) is 17.2 Å². The van der Waals surface area contributed by atoms with Crippen LogP contribution in [0.4, 0.5) is 23.1 Å². The Morgan fingerprint density at radius 1 is 0.946 bits per heavy atom. The minimum Gasteiger partial charge on any atom is -0.338 e. The average molecular weight is 497 g/mol. The second-order valence-corrected chi connectivity index (χ2v) is 8.94. The maximum absolute atomic E-state index is 12.5. The van der Waals surface area contributed by atoms with Crippen LogP contribution in [0.1, 0.15) is 19.4 Å². The molecule has 2 aromatic carbocycles. The van der Waals surface area contributed by atoms with Crippen molar-refractivity contribution in [3.05, 3.63) is 72.6 Å². The van der Waals surface area contributed by atoms with Crippen molar-refractivity contribution in [2.45, 2.75) is 20.4 Å². The first-order valence-electron chi connectivity index (χ1n) is 12.7. The summed E-state index contributed by atoms with van der Waals surface area (Å²) in [5.74, 6) is 1.16. The van der Waals surface area contributed by atoms with Crippen molar-refractivity contribution in [2.75, 3.05) is 48.3 Å². The molecule has 4 aromatic rings. The van der Waals surface area contributed by atoms with Gasteiger partial charge in [0, 0.05) is 50.2 Å². The minimum atomic E-state index is -0.194. The number of benzene rings is 2. The molecule has 9 heteroatoms. The summed E-state index contributed by atoms with van der Waals surface area (Å²) >= 11 is 0. The van der Waals surface area contributed by atoms with E-state index in [9.17, 15) is 4.79 Å². The number of carbonyl (C=O) groups excluding carboxylic acids is 1. The molecule has 0 aliphatic carbocycles. The van der Waals surface area contributed by atoms with E-state index in [1.165, 1.54) is 6.08 Å². The van der Waals surface area contributed by atoms with E-state index in [0.29, 0.717) is 17.5 Å². The minimum absolute atomic E-state index is 0.194. The third kappa shape index (κ3) is 5.78. The molecule has 0 atom stereocenters. The topological polar surface area (TPSA) is 91.2 Å². The summed E-state index contributed by atoms with van der Waals surface area (Å²) in [6.07, 6.45) is 5.13. The highest BCUT2D eigenvalue weighted by molar-refractivity contribution is 6.02. The molecule has 0 saturated carbocycles. The lowest BCUT2D eigenvalue weighted by molar-refractivity contribution is -0.111. The van der Waals surface area contributed by atoms with Gasteiger partial charge in [0.05, 0.1) is 6.33 Å². The molecular formula is C28H32N8O. The maximum atomic E-state index is 12.5. The van der Waals surface area contributed by atoms with E-state index < -0.39 is 0 Å². The van der Waals surface area contributed by atoms with Crippen LogP contribution in [0.3, 0.4) is 0 Å². The van der Waals surface area contributed by atoms with Crippen LogP contribution in [0.2, 0.25) is 0 Å². The summed E-state index contributed by atoms with van der Waals surface area (Å²) < 4.78 is 2.03. The molecule has 0 spiro atoms. The molecule has 3 heterocycles. The number of rotatable bonds is 8. The fourth-order valence-corrected chi connectivity index (χ4v) is 4.39. The molecule has 37 heavy (non-hydrogen) atoms. The third-order valence-electron chi connectivity index (χ3n) is 6.51. The molecule has 1 amide bonds. The Morgan fingerprint density at radius 2 is 1.73 bits per heavy atom. The van der Waals surface area contributed by atoms with Crippen LogP contribution in [0, 0.1) is 0 Å². The standard InChI is InChI=1S/C28H32N8O/c1-3-34-15-17-36(18-16-34)28-32-26(25-27(33-28)35(4-2)20-29-25)31-23-12-8-11-22(19-23)30-24(37)14-13-21-9-6-5-7-10-21/h5-14,19-20H,3-4,15-18H2,1-2H3,(H,30,37)(H,31,32,33)/b14-13+. The molecule has 0 radical (unpaired) electrons. The largest absolute Gasteiger partial charge is 0.338 e. The van der Waals surface area contributed by atoms with Crippen molar-refractivity contribution in [3.63, 3.8) is 0 Å². The zero-order chi connectivity index (χ0) is 25.6. The van der Waals surface area contributed by atoms with E-state index in [4.69, 9.17) is 9.97 Å². The Bertz CT molecular complexity index is 1390. The van der Waals surface area contributed by atoms with Gasteiger partial charge in [-0.1, -0.05) is 43.3 Å². The van der Waals surface area contributed by atoms with Gasteiger partial charge in [0.15, 0.2) is 17.0 Å². The highest BCUT2D eigenvalue weighted by atomic mass is 16.1. The van der Waals surface area contributed by atoms with Gasteiger partial charge in [-0.2, -0.15) is 9.97 Å². The second kappa shape index (κ2) is 11.2. The molecule has 1 saturated heterocycles. The smallest absolute Gasteiger partial charge is 0.248 e. The predicted octanol–water partition coefficient (Wildman–Crippen LogP) is 4.38. The number of fused-ring (bicyclic) bond motifs is 1. The number of nitrogens with zero attached hydrogens (tertiary/aromatic N) is 6. The number of imidazole rings is 1. The van der Waals surface area contributed by atoms with Crippen molar-refractivity contribution < 1.29 is 4.79 Å². The number of hydrogen-bond donors (Lipinski definition) is 2. The molecule has 9 nitrogen and oxygen atoms in total. The summed E-state index contributed by atoms with van der Waals surface area (Å²) in [7, 11) is 0. The number of anilines is 4. The lowest BCUT2D eigenvalue weighted by Gasteiger charge is -2.34. The Balaban J connectivity index is 1.36. The lowest BCUT2D eigenvalue weighted by atomic mass is 10.2. The van der Waals surface area contributed by atoms with Gasteiger partial charge >= 0.3 is 0 Å². The Hall–Kier alpha value is -4.24. The molecule has 190 valence electrons. The first-order valence-corrected chi connectivity index (χ1v) is 12.7. The van der Waals surface area contributed by atoms with Crippen molar-refractivity contribution in [1.82, 2.24) is 24.4 Å². The molecule has 2 aromatic heterocycles. The van der Waals surface area contributed by atoms with E-state index in [-0.39, 0.29) is 5.91 Å². The number of piperazine rings is 1. The van der Waals surface area contributed by atoms with Crippen LogP contribution >= 0.6 is 0 Å². The fraction of sp³-hybridized carbons (Fsp3) is 0.286. The van der Waals surface area contributed by atoms with Gasteiger partial charge in [0.1, 0.15) is 0 Å². The monoisotopic (exact) mass is 496 g/mol. The molecule has 2 N–H and O–H groups in total. The molecule has 0 unspecified atom stereocenters. The first-order chi connectivity index (χ1) is 18.1. The van der Waals surface area contributed by atoms with Crippen LogP contribution in [0.5, 0.6) is 0 Å². The van der Waals surface area contributed by atoms with Crippen molar-refractivity contribution >= 4 is 46.3 Å². The van der Waals surface area contributed by atoms with Gasteiger partial charge in [0.2, 0.25) is 11.9 Å². The Kier molecular flexibility index (Phi) is 7.41. The van der Waals surface area contributed by atoms with Crippen molar-refractivity contribution in [2.24, 2.45) is 0 Å². The zero-order valence-electron chi connectivity index (χ0n) is 21.3. The van der Waals surface area contributed by atoms with E-state index in [1.807, 2.05) is 59.2 Å².